The van der Waals surface area contributed by atoms with Crippen LogP contribution in [0.3, 0.4) is 0 Å². The summed E-state index contributed by atoms with van der Waals surface area (Å²) in [6, 6.07) is 22.6. The second-order valence-corrected chi connectivity index (χ2v) is 7.10. The molecule has 0 fully saturated rings. The fraction of sp³-hybridized carbons (Fsp3) is 0.200. The van der Waals surface area contributed by atoms with Crippen molar-refractivity contribution in [1.82, 2.24) is 16.0 Å². The molecule has 0 saturated heterocycles. The first-order chi connectivity index (χ1) is 15.4. The molecule has 3 aromatic rings. The van der Waals surface area contributed by atoms with Gasteiger partial charge in [-0.1, -0.05) is 66.2 Å². The van der Waals surface area contributed by atoms with E-state index in [9.17, 15) is 19.2 Å². The predicted molar refractivity (Wildman–Crippen MR) is 130 cm³/mol. The third kappa shape index (κ3) is 8.02. The van der Waals surface area contributed by atoms with Crippen LogP contribution in [0, 0.1) is 6.92 Å². The van der Waals surface area contributed by atoms with Crippen molar-refractivity contribution in [2.75, 3.05) is 13.1 Å². The Morgan fingerprint density at radius 1 is 0.906 bits per heavy atom. The molecule has 3 amide bonds. The molecular formula is C25H33N3O4. The van der Waals surface area contributed by atoms with Gasteiger partial charge in [-0.25, -0.2) is 0 Å². The monoisotopic (exact) mass is 439 g/mol. The Kier molecular flexibility index (Phi) is 9.59. The maximum Gasteiger partial charge on any atom is 0.251 e. The minimum Gasteiger partial charge on any atom is -0.348 e. The lowest BCUT2D eigenvalue weighted by Crippen LogP contribution is -2.48. The molecular weight excluding hydrogens is 406 g/mol. The minimum absolute atomic E-state index is 0. The van der Waals surface area contributed by atoms with E-state index >= 15 is 0 Å². The Morgan fingerprint density at radius 2 is 1.56 bits per heavy atom. The highest BCUT2D eigenvalue weighted by atomic mass is 16.2. The summed E-state index contributed by atoms with van der Waals surface area (Å²) in [6.45, 7) is 3.26. The minimum atomic E-state index is -0.786. The molecule has 0 bridgehead atoms. The zero-order valence-corrected chi connectivity index (χ0v) is 18.1. The number of aldehydes is 1. The van der Waals surface area contributed by atoms with E-state index < -0.39 is 17.9 Å². The van der Waals surface area contributed by atoms with Gasteiger partial charge in [0.2, 0.25) is 11.8 Å². The number of rotatable bonds is 7. The number of hydrogen-bond acceptors (Lipinski definition) is 4. The van der Waals surface area contributed by atoms with E-state index in [1.807, 2.05) is 0 Å². The summed E-state index contributed by atoms with van der Waals surface area (Å²) >= 11 is 0. The molecule has 0 aliphatic carbocycles. The lowest BCUT2D eigenvalue weighted by atomic mass is 10.1. The van der Waals surface area contributed by atoms with E-state index in [1.54, 1.807) is 30.3 Å². The first kappa shape index (κ1) is 24.3. The Bertz CT molecular complexity index is 1080. The first-order valence-corrected chi connectivity index (χ1v) is 10.2. The van der Waals surface area contributed by atoms with E-state index in [-0.39, 0.29) is 23.3 Å². The Labute approximate surface area is 191 Å². The first-order valence-electron chi connectivity index (χ1n) is 10.2. The highest BCUT2D eigenvalue weighted by Crippen LogP contribution is 2.14. The van der Waals surface area contributed by atoms with E-state index in [4.69, 9.17) is 0 Å². The number of hydrogen-bond donors (Lipinski definition) is 3. The average Bonchev–Trinajstić information content (AvgIpc) is 2.81. The van der Waals surface area contributed by atoms with Gasteiger partial charge in [-0.15, -0.1) is 0 Å². The van der Waals surface area contributed by atoms with Crippen molar-refractivity contribution in [2.45, 2.75) is 19.9 Å². The number of amides is 3. The zero-order valence-electron chi connectivity index (χ0n) is 18.1. The predicted octanol–water partition coefficient (Wildman–Crippen LogP) is 3.12. The standard InChI is InChI=1S/C14H17N3O4.C11H10.3H2/c1-10(13(20)15-7-8-18)17-12(19)9-16-14(21)11-5-3-2-4-6-11;1-9-6-7-10-4-2-3-5-11(10)8-9;;;/h2-6,8,10H,7,9H2,1H3,(H,15,20)(H,16,21)(H,17,19);2-8H,1H3;3*1H/t10-;;;;/m0..../s1. The van der Waals surface area contributed by atoms with Crippen LogP contribution in [0.25, 0.3) is 10.8 Å². The summed E-state index contributed by atoms with van der Waals surface area (Å²) in [7, 11) is 0. The van der Waals surface area contributed by atoms with Crippen LogP contribution in [0.15, 0.2) is 72.8 Å². The number of aryl methyl sites for hydroxylation is 1. The van der Waals surface area contributed by atoms with Crippen molar-refractivity contribution in [3.8, 4) is 0 Å². The lowest BCUT2D eigenvalue weighted by Gasteiger charge is -2.13. The third-order valence-corrected chi connectivity index (χ3v) is 4.48. The van der Waals surface area contributed by atoms with Crippen molar-refractivity contribution < 1.29 is 23.5 Å². The van der Waals surface area contributed by atoms with Crippen molar-refractivity contribution in [2.24, 2.45) is 0 Å². The van der Waals surface area contributed by atoms with Crippen LogP contribution in [0.5, 0.6) is 0 Å². The second kappa shape index (κ2) is 12.6. The van der Waals surface area contributed by atoms with Gasteiger partial charge in [0, 0.05) is 9.84 Å². The normalized spacial score (nSPS) is 10.8. The van der Waals surface area contributed by atoms with Crippen LogP contribution >= 0.6 is 0 Å². The molecule has 0 aliphatic heterocycles. The van der Waals surface area contributed by atoms with Crippen molar-refractivity contribution >= 4 is 34.8 Å². The smallest absolute Gasteiger partial charge is 0.251 e. The molecule has 3 aromatic carbocycles. The summed E-state index contributed by atoms with van der Waals surface area (Å²) in [5.74, 6) is -1.33. The summed E-state index contributed by atoms with van der Waals surface area (Å²) in [4.78, 5) is 44.8. The van der Waals surface area contributed by atoms with Gasteiger partial charge in [-0.05, 0) is 36.8 Å². The van der Waals surface area contributed by atoms with Crippen LogP contribution in [-0.2, 0) is 14.4 Å². The molecule has 0 unspecified atom stereocenters. The number of fused-ring (bicyclic) bond motifs is 1. The maximum absolute atomic E-state index is 11.7. The molecule has 7 nitrogen and oxygen atoms in total. The summed E-state index contributed by atoms with van der Waals surface area (Å²) < 4.78 is 0. The summed E-state index contributed by atoms with van der Waals surface area (Å²) in [5, 5.41) is 9.82. The van der Waals surface area contributed by atoms with Crippen LogP contribution < -0.4 is 16.0 Å². The molecule has 3 N–H and O–H groups in total. The molecule has 0 spiro atoms. The molecule has 0 saturated carbocycles. The van der Waals surface area contributed by atoms with Gasteiger partial charge in [0.05, 0.1) is 13.1 Å². The van der Waals surface area contributed by atoms with Crippen LogP contribution in [0.2, 0.25) is 0 Å². The van der Waals surface area contributed by atoms with Gasteiger partial charge in [0.1, 0.15) is 12.3 Å². The number of benzene rings is 3. The molecule has 0 heterocycles. The largest absolute Gasteiger partial charge is 0.348 e. The van der Waals surface area contributed by atoms with E-state index in [0.717, 1.165) is 0 Å². The van der Waals surface area contributed by atoms with Gasteiger partial charge in [0.25, 0.3) is 5.91 Å². The van der Waals surface area contributed by atoms with Crippen molar-refractivity contribution in [1.29, 1.82) is 0 Å². The molecule has 3 rings (SSSR count). The van der Waals surface area contributed by atoms with Gasteiger partial charge < -0.3 is 20.7 Å². The van der Waals surface area contributed by atoms with Crippen molar-refractivity contribution in [3.63, 3.8) is 0 Å². The lowest BCUT2D eigenvalue weighted by molar-refractivity contribution is -0.128. The Morgan fingerprint density at radius 3 is 2.25 bits per heavy atom. The summed E-state index contributed by atoms with van der Waals surface area (Å²) in [6.07, 6.45) is 0.548. The van der Waals surface area contributed by atoms with E-state index in [1.165, 1.54) is 23.3 Å². The molecule has 0 aliphatic rings. The molecule has 172 valence electrons. The highest BCUT2D eigenvalue weighted by molar-refractivity contribution is 5.97. The highest BCUT2D eigenvalue weighted by Gasteiger charge is 2.15. The maximum atomic E-state index is 11.7. The summed E-state index contributed by atoms with van der Waals surface area (Å²) in [5.41, 5.74) is 1.77. The average molecular weight is 440 g/mol. The number of carbonyl (C=O) groups is 4. The molecule has 0 radical (unpaired) electrons. The second-order valence-electron chi connectivity index (χ2n) is 7.10. The molecule has 0 aromatic heterocycles. The fourth-order valence-electron chi connectivity index (χ4n) is 2.81. The number of nitrogens with one attached hydrogen (secondary N) is 3. The van der Waals surface area contributed by atoms with Crippen LogP contribution in [0.1, 0.15) is 27.1 Å². The van der Waals surface area contributed by atoms with Crippen LogP contribution in [0.4, 0.5) is 0 Å². The molecule has 32 heavy (non-hydrogen) atoms. The third-order valence-electron chi connectivity index (χ3n) is 4.48. The van der Waals surface area contributed by atoms with Gasteiger partial charge in [-0.2, -0.15) is 0 Å². The molecule has 7 heteroatoms. The van der Waals surface area contributed by atoms with Gasteiger partial charge in [0.15, 0.2) is 0 Å². The fourth-order valence-corrected chi connectivity index (χ4v) is 2.81. The quantitative estimate of drug-likeness (QED) is 0.492. The Balaban J connectivity index is 0. The zero-order chi connectivity index (χ0) is 23.3. The van der Waals surface area contributed by atoms with Gasteiger partial charge in [-0.3, -0.25) is 14.4 Å². The van der Waals surface area contributed by atoms with Gasteiger partial charge >= 0.3 is 0 Å². The Hall–Kier alpha value is -4.00. The van der Waals surface area contributed by atoms with Crippen LogP contribution in [-0.4, -0.2) is 43.1 Å². The number of carbonyl (C=O) groups excluding carboxylic acids is 4. The molecule has 1 atom stereocenters. The SMILES string of the molecule is C[C@H](NC(=O)CNC(=O)c1ccccc1)C(=O)NCC=O.Cc1ccc2ccccc2c1.[HH].[HH].[HH]. The van der Waals surface area contributed by atoms with E-state index in [0.29, 0.717) is 11.8 Å². The van der Waals surface area contributed by atoms with E-state index in [2.05, 4.69) is 65.3 Å². The topological polar surface area (TPSA) is 104 Å². The van der Waals surface area contributed by atoms with Crippen molar-refractivity contribution in [3.05, 3.63) is 83.9 Å².